The van der Waals surface area contributed by atoms with Gasteiger partial charge >= 0.3 is 0 Å². The summed E-state index contributed by atoms with van der Waals surface area (Å²) in [7, 11) is 0. The normalized spacial score (nSPS) is 22.3. The van der Waals surface area contributed by atoms with Gasteiger partial charge in [-0.15, -0.1) is 0 Å². The average molecular weight is 474 g/mol. The molecule has 188 valence electrons. The van der Waals surface area contributed by atoms with Crippen LogP contribution in [0.2, 0.25) is 0 Å². The summed E-state index contributed by atoms with van der Waals surface area (Å²) in [4.78, 5) is 32.0. The second-order valence-electron chi connectivity index (χ2n) is 10.2. The molecule has 2 amide bonds. The molecule has 0 unspecified atom stereocenters. The maximum Gasteiger partial charge on any atom is 0.238 e. The first-order valence-electron chi connectivity index (χ1n) is 13.0. The third kappa shape index (κ3) is 6.99. The lowest BCUT2D eigenvalue weighted by Gasteiger charge is -2.48. The third-order valence-corrected chi connectivity index (χ3v) is 7.75. The molecular weight excluding hydrogens is 433 g/mol. The van der Waals surface area contributed by atoms with E-state index >= 15 is 0 Å². The Morgan fingerprint density at radius 2 is 1.32 bits per heavy atom. The molecule has 7 nitrogen and oxygen atoms in total. The second-order valence-corrected chi connectivity index (χ2v) is 10.2. The Morgan fingerprint density at radius 3 is 1.94 bits per heavy atom. The SMILES string of the molecule is O=C(CN1CCN(CC(=O)Nc2ccc(F)cc2)CC1)NCC1(N2CCCCC2)CCCCC1. The van der Waals surface area contributed by atoms with Crippen LogP contribution in [0.15, 0.2) is 24.3 Å². The number of benzene rings is 1. The zero-order chi connectivity index (χ0) is 23.8. The molecule has 0 bridgehead atoms. The van der Waals surface area contributed by atoms with Crippen LogP contribution in [-0.4, -0.2) is 91.0 Å². The highest BCUT2D eigenvalue weighted by molar-refractivity contribution is 5.92. The van der Waals surface area contributed by atoms with Crippen molar-refractivity contribution in [2.75, 3.05) is 64.2 Å². The van der Waals surface area contributed by atoms with Crippen LogP contribution in [0.25, 0.3) is 0 Å². The molecule has 1 aromatic rings. The predicted octanol–water partition coefficient (Wildman–Crippen LogP) is 2.69. The Kier molecular flexibility index (Phi) is 8.92. The fourth-order valence-corrected chi connectivity index (χ4v) is 5.75. The number of piperidine rings is 1. The first-order chi connectivity index (χ1) is 16.5. The van der Waals surface area contributed by atoms with Gasteiger partial charge in [0.2, 0.25) is 11.8 Å². The van der Waals surface area contributed by atoms with Gasteiger partial charge in [-0.05, 0) is 63.0 Å². The molecule has 3 aliphatic rings. The minimum absolute atomic E-state index is 0.103. The van der Waals surface area contributed by atoms with E-state index in [9.17, 15) is 14.0 Å². The van der Waals surface area contributed by atoms with Gasteiger partial charge in [0.05, 0.1) is 13.1 Å². The van der Waals surface area contributed by atoms with E-state index in [0.29, 0.717) is 18.8 Å². The van der Waals surface area contributed by atoms with Gasteiger partial charge in [-0.3, -0.25) is 24.3 Å². The molecule has 8 heteroatoms. The van der Waals surface area contributed by atoms with Gasteiger partial charge in [0, 0.05) is 44.0 Å². The lowest BCUT2D eigenvalue weighted by Crippen LogP contribution is -2.59. The number of amides is 2. The zero-order valence-corrected chi connectivity index (χ0v) is 20.4. The number of carbonyl (C=O) groups excluding carboxylic acids is 2. The molecule has 2 heterocycles. The van der Waals surface area contributed by atoms with Crippen molar-refractivity contribution >= 4 is 17.5 Å². The molecule has 2 aliphatic heterocycles. The molecule has 4 rings (SSSR count). The Balaban J connectivity index is 1.17. The van der Waals surface area contributed by atoms with Crippen molar-refractivity contribution in [2.45, 2.75) is 56.9 Å². The van der Waals surface area contributed by atoms with E-state index in [1.54, 1.807) is 12.1 Å². The van der Waals surface area contributed by atoms with E-state index in [0.717, 1.165) is 32.7 Å². The molecule has 0 atom stereocenters. The molecular formula is C26H40FN5O2. The summed E-state index contributed by atoms with van der Waals surface area (Å²) >= 11 is 0. The Labute approximate surface area is 203 Å². The number of piperazine rings is 1. The zero-order valence-electron chi connectivity index (χ0n) is 20.4. The van der Waals surface area contributed by atoms with Crippen molar-refractivity contribution in [1.82, 2.24) is 20.0 Å². The summed E-state index contributed by atoms with van der Waals surface area (Å²) in [5, 5.41) is 6.10. The van der Waals surface area contributed by atoms with E-state index in [-0.39, 0.29) is 23.2 Å². The number of rotatable bonds is 8. The van der Waals surface area contributed by atoms with Crippen molar-refractivity contribution in [1.29, 1.82) is 0 Å². The number of carbonyl (C=O) groups is 2. The lowest BCUT2D eigenvalue weighted by molar-refractivity contribution is -0.124. The summed E-state index contributed by atoms with van der Waals surface area (Å²) in [6.07, 6.45) is 10.1. The highest BCUT2D eigenvalue weighted by atomic mass is 19.1. The Hall–Kier alpha value is -2.03. The van der Waals surface area contributed by atoms with Gasteiger partial charge in [-0.1, -0.05) is 25.7 Å². The maximum atomic E-state index is 13.0. The minimum Gasteiger partial charge on any atom is -0.353 e. The van der Waals surface area contributed by atoms with Crippen molar-refractivity contribution in [3.63, 3.8) is 0 Å². The minimum atomic E-state index is -0.321. The maximum absolute atomic E-state index is 13.0. The smallest absolute Gasteiger partial charge is 0.238 e. The molecule has 0 aromatic heterocycles. The fraction of sp³-hybridized carbons (Fsp3) is 0.692. The molecule has 1 aliphatic carbocycles. The van der Waals surface area contributed by atoms with Crippen LogP contribution in [-0.2, 0) is 9.59 Å². The molecule has 0 spiro atoms. The highest BCUT2D eigenvalue weighted by Crippen LogP contribution is 2.35. The molecule has 2 N–H and O–H groups in total. The molecule has 1 aromatic carbocycles. The van der Waals surface area contributed by atoms with Gasteiger partial charge in [-0.25, -0.2) is 4.39 Å². The number of hydrogen-bond acceptors (Lipinski definition) is 5. The van der Waals surface area contributed by atoms with E-state index in [2.05, 4.69) is 25.3 Å². The van der Waals surface area contributed by atoms with Gasteiger partial charge in [-0.2, -0.15) is 0 Å². The summed E-state index contributed by atoms with van der Waals surface area (Å²) in [6.45, 7) is 6.89. The van der Waals surface area contributed by atoms with Gasteiger partial charge in [0.15, 0.2) is 0 Å². The molecule has 0 radical (unpaired) electrons. The van der Waals surface area contributed by atoms with Crippen molar-refractivity contribution in [2.24, 2.45) is 0 Å². The highest BCUT2D eigenvalue weighted by Gasteiger charge is 2.38. The molecule has 3 fully saturated rings. The van der Waals surface area contributed by atoms with Crippen molar-refractivity contribution in [3.05, 3.63) is 30.1 Å². The number of nitrogens with one attached hydrogen (secondary N) is 2. The Bertz CT molecular complexity index is 798. The quantitative estimate of drug-likeness (QED) is 0.608. The molecule has 34 heavy (non-hydrogen) atoms. The first-order valence-corrected chi connectivity index (χ1v) is 13.0. The van der Waals surface area contributed by atoms with Crippen LogP contribution in [0, 0.1) is 5.82 Å². The lowest BCUT2D eigenvalue weighted by atomic mass is 9.79. The number of halogens is 1. The van der Waals surface area contributed by atoms with Crippen molar-refractivity contribution < 1.29 is 14.0 Å². The van der Waals surface area contributed by atoms with E-state index in [1.165, 1.54) is 76.6 Å². The Morgan fingerprint density at radius 1 is 0.765 bits per heavy atom. The van der Waals surface area contributed by atoms with E-state index in [4.69, 9.17) is 0 Å². The van der Waals surface area contributed by atoms with Gasteiger partial charge in [0.1, 0.15) is 5.82 Å². The number of hydrogen-bond donors (Lipinski definition) is 2. The van der Waals surface area contributed by atoms with Crippen LogP contribution in [0.5, 0.6) is 0 Å². The average Bonchev–Trinajstić information content (AvgIpc) is 2.86. The van der Waals surface area contributed by atoms with Gasteiger partial charge in [0.25, 0.3) is 0 Å². The van der Waals surface area contributed by atoms with E-state index in [1.807, 2.05) is 0 Å². The summed E-state index contributed by atoms with van der Waals surface area (Å²) in [6, 6.07) is 5.79. The standard InChI is InChI=1S/C26H40FN5O2/c27-22-7-9-23(10-8-22)29-25(34)20-31-17-15-30(16-18-31)19-24(33)28-21-26(11-3-1-4-12-26)32-13-5-2-6-14-32/h7-10H,1-6,11-21H2,(H,28,33)(H,29,34). The van der Waals surface area contributed by atoms with Crippen LogP contribution in [0.1, 0.15) is 51.4 Å². The third-order valence-electron chi connectivity index (χ3n) is 7.75. The van der Waals surface area contributed by atoms with Crippen molar-refractivity contribution in [3.8, 4) is 0 Å². The summed E-state index contributed by atoms with van der Waals surface area (Å²) in [5.74, 6) is -0.309. The van der Waals surface area contributed by atoms with Gasteiger partial charge < -0.3 is 10.6 Å². The van der Waals surface area contributed by atoms with Crippen LogP contribution in [0.4, 0.5) is 10.1 Å². The number of nitrogens with zero attached hydrogens (tertiary/aromatic N) is 3. The largest absolute Gasteiger partial charge is 0.353 e. The topological polar surface area (TPSA) is 67.9 Å². The van der Waals surface area contributed by atoms with Crippen LogP contribution in [0.3, 0.4) is 0 Å². The fourth-order valence-electron chi connectivity index (χ4n) is 5.75. The monoisotopic (exact) mass is 473 g/mol. The predicted molar refractivity (Wildman–Crippen MR) is 132 cm³/mol. The van der Waals surface area contributed by atoms with E-state index < -0.39 is 0 Å². The van der Waals surface area contributed by atoms with Crippen LogP contribution < -0.4 is 10.6 Å². The number of likely N-dealkylation sites (tertiary alicyclic amines) is 1. The molecule has 1 saturated carbocycles. The first kappa shape index (κ1) is 25.1. The van der Waals surface area contributed by atoms with Crippen LogP contribution >= 0.6 is 0 Å². The summed E-state index contributed by atoms with van der Waals surface area (Å²) < 4.78 is 13.0. The second kappa shape index (κ2) is 12.1. The number of anilines is 1. The molecule has 2 saturated heterocycles. The summed E-state index contributed by atoms with van der Waals surface area (Å²) in [5.41, 5.74) is 0.757.